The van der Waals surface area contributed by atoms with Crippen LogP contribution in [0.5, 0.6) is 0 Å². The Kier molecular flexibility index (Phi) is 5.36. The number of hydrogen-bond acceptors (Lipinski definition) is 4. The first kappa shape index (κ1) is 12.7. The van der Waals surface area contributed by atoms with Gasteiger partial charge in [0, 0.05) is 11.1 Å². The molecule has 13 heavy (non-hydrogen) atoms. The van der Waals surface area contributed by atoms with Gasteiger partial charge in [0.05, 0.1) is 11.9 Å². The number of benzene rings is 1. The van der Waals surface area contributed by atoms with Crippen LogP contribution in [0.4, 0.5) is 0 Å². The number of carbonyl (C=O) groups is 2. The summed E-state index contributed by atoms with van der Waals surface area (Å²) in [5.41, 5.74) is -0.727. The minimum absolute atomic E-state index is 0. The van der Waals surface area contributed by atoms with E-state index in [9.17, 15) is 19.8 Å². The van der Waals surface area contributed by atoms with Crippen LogP contribution in [0.1, 0.15) is 20.7 Å². The van der Waals surface area contributed by atoms with E-state index in [1.165, 1.54) is 12.1 Å². The topological polar surface area (TPSA) is 80.3 Å². The van der Waals surface area contributed by atoms with Crippen LogP contribution in [-0.2, 0) is 0 Å². The monoisotopic (exact) mass is 317 g/mol. The standard InChI is InChI=1S/C8H6O4.Eu/c9-7(10)5-3-1-2-4-6(5)8(11)12;/h1-4H,(H,9,10)(H,11,12);/q;+2/p-2. The average Bonchev–Trinajstić information content (AvgIpc) is 2.04. The number of rotatable bonds is 2. The zero-order chi connectivity index (χ0) is 9.14. The van der Waals surface area contributed by atoms with Crippen molar-refractivity contribution in [2.24, 2.45) is 0 Å². The molecule has 0 atom stereocenters. The van der Waals surface area contributed by atoms with Crippen LogP contribution in [0.25, 0.3) is 0 Å². The van der Waals surface area contributed by atoms with E-state index in [0.717, 1.165) is 12.1 Å². The third-order valence-electron chi connectivity index (χ3n) is 1.37. The molecule has 0 amide bonds. The summed E-state index contributed by atoms with van der Waals surface area (Å²) >= 11 is 0. The fourth-order valence-electron chi connectivity index (χ4n) is 0.839. The van der Waals surface area contributed by atoms with Gasteiger partial charge in [0.2, 0.25) is 0 Å². The van der Waals surface area contributed by atoms with Crippen molar-refractivity contribution in [3.63, 3.8) is 0 Å². The van der Waals surface area contributed by atoms with Gasteiger partial charge in [-0.2, -0.15) is 0 Å². The second-order valence-corrected chi connectivity index (χ2v) is 2.12. The molecule has 0 N–H and O–H groups in total. The van der Waals surface area contributed by atoms with E-state index in [-0.39, 0.29) is 60.5 Å². The normalized spacial score (nSPS) is 8.62. The van der Waals surface area contributed by atoms with Gasteiger partial charge in [0.1, 0.15) is 0 Å². The number of hydrogen-bond donors (Lipinski definition) is 0. The summed E-state index contributed by atoms with van der Waals surface area (Å²) in [6.45, 7) is 0. The van der Waals surface area contributed by atoms with Gasteiger partial charge in [-0.05, 0) is 0 Å². The molecule has 0 unspecified atom stereocenters. The van der Waals surface area contributed by atoms with Gasteiger partial charge in [-0.1, -0.05) is 24.3 Å². The Balaban J connectivity index is 0.00000144. The van der Waals surface area contributed by atoms with Gasteiger partial charge in [-0.3, -0.25) is 0 Å². The molecular weight excluding hydrogens is 312 g/mol. The third-order valence-corrected chi connectivity index (χ3v) is 1.37. The summed E-state index contributed by atoms with van der Waals surface area (Å²) in [6.07, 6.45) is 0. The van der Waals surface area contributed by atoms with Crippen molar-refractivity contribution in [2.45, 2.75) is 0 Å². The van der Waals surface area contributed by atoms with Crippen molar-refractivity contribution in [1.29, 1.82) is 0 Å². The second kappa shape index (κ2) is 5.47. The first-order valence-corrected chi connectivity index (χ1v) is 3.14. The molecule has 4 nitrogen and oxygen atoms in total. The quantitative estimate of drug-likeness (QED) is 0.659. The van der Waals surface area contributed by atoms with Crippen molar-refractivity contribution >= 4 is 11.9 Å². The van der Waals surface area contributed by atoms with E-state index < -0.39 is 11.9 Å². The molecule has 67 valence electrons. The Labute approximate surface area is 115 Å². The molecule has 0 fully saturated rings. The Morgan fingerprint density at radius 2 is 1.23 bits per heavy atom. The zero-order valence-electron chi connectivity index (χ0n) is 6.32. The SMILES string of the molecule is O=C([O-])c1ccccc1C(=O)[O-].[Eu+2]. The molecule has 0 aliphatic carbocycles. The van der Waals surface area contributed by atoms with Crippen molar-refractivity contribution in [3.8, 4) is 0 Å². The van der Waals surface area contributed by atoms with E-state index in [0.29, 0.717) is 0 Å². The van der Waals surface area contributed by atoms with Gasteiger partial charge in [0.25, 0.3) is 0 Å². The average molecular weight is 316 g/mol. The molecule has 0 saturated heterocycles. The summed E-state index contributed by atoms with van der Waals surface area (Å²) < 4.78 is 0. The van der Waals surface area contributed by atoms with Crippen molar-refractivity contribution in [2.75, 3.05) is 0 Å². The second-order valence-electron chi connectivity index (χ2n) is 2.12. The van der Waals surface area contributed by atoms with E-state index in [2.05, 4.69) is 0 Å². The van der Waals surface area contributed by atoms with Gasteiger partial charge >= 0.3 is 49.4 Å². The molecule has 1 rings (SSSR count). The van der Waals surface area contributed by atoms with Crippen LogP contribution in [-0.4, -0.2) is 11.9 Å². The number of carbonyl (C=O) groups excluding carboxylic acids is 2. The van der Waals surface area contributed by atoms with E-state index >= 15 is 0 Å². The molecule has 5 heteroatoms. The maximum absolute atomic E-state index is 10.3. The Bertz CT molecular complexity index is 302. The Morgan fingerprint density at radius 1 is 0.923 bits per heavy atom. The van der Waals surface area contributed by atoms with E-state index in [1.807, 2.05) is 0 Å². The van der Waals surface area contributed by atoms with Crippen LogP contribution < -0.4 is 10.2 Å². The zero-order valence-corrected chi connectivity index (χ0v) is 8.75. The van der Waals surface area contributed by atoms with Gasteiger partial charge in [0.15, 0.2) is 0 Å². The molecule has 1 aromatic carbocycles. The van der Waals surface area contributed by atoms with Crippen LogP contribution in [0, 0.1) is 49.4 Å². The summed E-state index contributed by atoms with van der Waals surface area (Å²) in [6, 6.07) is 5.14. The van der Waals surface area contributed by atoms with Gasteiger partial charge < -0.3 is 19.8 Å². The fourth-order valence-corrected chi connectivity index (χ4v) is 0.839. The first-order chi connectivity index (χ1) is 5.63. The third kappa shape index (κ3) is 3.17. The molecular formula is C8H4EuO4. The molecule has 1 aromatic rings. The van der Waals surface area contributed by atoms with Crippen LogP contribution >= 0.6 is 0 Å². The fraction of sp³-hybridized carbons (Fsp3) is 0. The summed E-state index contributed by atoms with van der Waals surface area (Å²) in [5, 5.41) is 20.6. The molecule has 0 heterocycles. The van der Waals surface area contributed by atoms with E-state index in [1.54, 1.807) is 0 Å². The van der Waals surface area contributed by atoms with Crippen LogP contribution in [0.2, 0.25) is 0 Å². The predicted octanol–water partition coefficient (Wildman–Crippen LogP) is -1.59. The number of carboxylic acid groups (broad SMARTS) is 2. The first-order valence-electron chi connectivity index (χ1n) is 3.14. The molecule has 0 aliphatic heterocycles. The molecule has 0 saturated carbocycles. The molecule has 0 aromatic heterocycles. The maximum Gasteiger partial charge on any atom is 2.00 e. The van der Waals surface area contributed by atoms with Crippen LogP contribution in [0.15, 0.2) is 24.3 Å². The number of aromatic carboxylic acids is 2. The van der Waals surface area contributed by atoms with E-state index in [4.69, 9.17) is 0 Å². The molecule has 0 aliphatic rings. The van der Waals surface area contributed by atoms with Crippen molar-refractivity contribution in [3.05, 3.63) is 35.4 Å². The summed E-state index contributed by atoms with van der Waals surface area (Å²) in [4.78, 5) is 20.6. The molecule has 0 spiro atoms. The number of carboxylic acids is 2. The largest absolute Gasteiger partial charge is 2.00 e. The summed E-state index contributed by atoms with van der Waals surface area (Å²) in [5.74, 6) is -3.04. The van der Waals surface area contributed by atoms with Crippen molar-refractivity contribution in [1.82, 2.24) is 0 Å². The molecule has 1 radical (unpaired) electrons. The minimum atomic E-state index is -1.52. The maximum atomic E-state index is 10.3. The van der Waals surface area contributed by atoms with Crippen molar-refractivity contribution < 1.29 is 69.2 Å². The minimum Gasteiger partial charge on any atom is -0.545 e. The summed E-state index contributed by atoms with van der Waals surface area (Å²) in [7, 11) is 0. The van der Waals surface area contributed by atoms with Gasteiger partial charge in [-0.15, -0.1) is 0 Å². The Hall–Kier alpha value is -0.256. The van der Waals surface area contributed by atoms with Crippen LogP contribution in [0.3, 0.4) is 0 Å². The predicted molar refractivity (Wildman–Crippen MR) is 35.1 cm³/mol. The Morgan fingerprint density at radius 3 is 1.46 bits per heavy atom. The smallest absolute Gasteiger partial charge is 0.545 e. The van der Waals surface area contributed by atoms with Gasteiger partial charge in [-0.25, -0.2) is 0 Å². The molecule has 0 bridgehead atoms.